The van der Waals surface area contributed by atoms with E-state index in [1.807, 2.05) is 11.0 Å². The molecule has 1 amide bonds. The summed E-state index contributed by atoms with van der Waals surface area (Å²) >= 11 is 0. The average molecular weight is 363 g/mol. The maximum atomic E-state index is 12.6. The number of amides is 1. The molecular formula is C20H29NO5. The molecule has 2 aliphatic heterocycles. The lowest BCUT2D eigenvalue weighted by atomic mass is 9.82. The van der Waals surface area contributed by atoms with Crippen molar-refractivity contribution >= 4 is 5.91 Å². The lowest BCUT2D eigenvalue weighted by Crippen LogP contribution is -2.36. The van der Waals surface area contributed by atoms with E-state index in [9.17, 15) is 9.90 Å². The van der Waals surface area contributed by atoms with Gasteiger partial charge >= 0.3 is 0 Å². The molecule has 0 unspecified atom stereocenters. The SMILES string of the molecule is COC[C@@]12COC[C@@H]1CN(C(=O)CCCCc1ccc(OC)c(O)c1)C2. The maximum Gasteiger partial charge on any atom is 0.222 e. The molecule has 6 nitrogen and oxygen atoms in total. The minimum absolute atomic E-state index is 0.00890. The molecule has 1 N–H and O–H groups in total. The van der Waals surface area contributed by atoms with E-state index in [4.69, 9.17) is 14.2 Å². The third-order valence-corrected chi connectivity index (χ3v) is 5.65. The molecule has 0 aliphatic carbocycles. The van der Waals surface area contributed by atoms with Gasteiger partial charge in [0.2, 0.25) is 5.91 Å². The van der Waals surface area contributed by atoms with Crippen LogP contribution in [0.5, 0.6) is 11.5 Å². The molecule has 1 aromatic rings. The van der Waals surface area contributed by atoms with Crippen molar-refractivity contribution in [3.8, 4) is 11.5 Å². The zero-order valence-electron chi connectivity index (χ0n) is 15.7. The van der Waals surface area contributed by atoms with Crippen LogP contribution in [0, 0.1) is 11.3 Å². The van der Waals surface area contributed by atoms with E-state index in [1.54, 1.807) is 19.2 Å². The highest BCUT2D eigenvalue weighted by molar-refractivity contribution is 5.76. The number of benzene rings is 1. The Morgan fingerprint density at radius 3 is 2.96 bits per heavy atom. The number of phenolic OH excluding ortho intramolecular Hbond substituents is 1. The molecule has 6 heteroatoms. The van der Waals surface area contributed by atoms with Crippen molar-refractivity contribution in [2.45, 2.75) is 25.7 Å². The zero-order valence-corrected chi connectivity index (χ0v) is 15.7. The number of aromatic hydroxyl groups is 1. The van der Waals surface area contributed by atoms with Gasteiger partial charge in [-0.15, -0.1) is 0 Å². The van der Waals surface area contributed by atoms with Crippen molar-refractivity contribution in [3.05, 3.63) is 23.8 Å². The molecule has 0 radical (unpaired) electrons. The Hall–Kier alpha value is -1.79. The number of unbranched alkanes of at least 4 members (excludes halogenated alkanes) is 1. The lowest BCUT2D eigenvalue weighted by Gasteiger charge is -2.26. The number of hydrogen-bond acceptors (Lipinski definition) is 5. The maximum absolute atomic E-state index is 12.6. The molecule has 0 spiro atoms. The summed E-state index contributed by atoms with van der Waals surface area (Å²) in [4.78, 5) is 14.6. The topological polar surface area (TPSA) is 68.2 Å². The molecule has 26 heavy (non-hydrogen) atoms. The quantitative estimate of drug-likeness (QED) is 0.718. The third-order valence-electron chi connectivity index (χ3n) is 5.65. The number of carbonyl (C=O) groups excluding carboxylic acids is 1. The number of rotatable bonds is 8. The van der Waals surface area contributed by atoms with E-state index in [1.165, 1.54) is 7.11 Å². The summed E-state index contributed by atoms with van der Waals surface area (Å²) in [7, 11) is 3.25. The van der Waals surface area contributed by atoms with Crippen LogP contribution in [-0.2, 0) is 20.7 Å². The highest BCUT2D eigenvalue weighted by atomic mass is 16.5. The molecule has 2 saturated heterocycles. The summed E-state index contributed by atoms with van der Waals surface area (Å²) in [5.74, 6) is 1.27. The third kappa shape index (κ3) is 3.96. The van der Waals surface area contributed by atoms with E-state index < -0.39 is 0 Å². The van der Waals surface area contributed by atoms with Crippen LogP contribution in [0.1, 0.15) is 24.8 Å². The number of carbonyl (C=O) groups is 1. The second-order valence-electron chi connectivity index (χ2n) is 7.50. The summed E-state index contributed by atoms with van der Waals surface area (Å²) in [6.45, 7) is 3.61. The van der Waals surface area contributed by atoms with Crippen molar-refractivity contribution in [2.24, 2.45) is 11.3 Å². The number of phenols is 1. The number of nitrogens with zero attached hydrogens (tertiary/aromatic N) is 1. The first-order valence-corrected chi connectivity index (χ1v) is 9.28. The molecular weight excluding hydrogens is 334 g/mol. The Bertz CT molecular complexity index is 635. The van der Waals surface area contributed by atoms with Crippen LogP contribution in [0.2, 0.25) is 0 Å². The van der Waals surface area contributed by atoms with Gasteiger partial charge in [0.25, 0.3) is 0 Å². The Labute approximate surface area is 155 Å². The van der Waals surface area contributed by atoms with Gasteiger partial charge in [-0.05, 0) is 37.0 Å². The molecule has 3 rings (SSSR count). The van der Waals surface area contributed by atoms with Gasteiger partial charge in [0.1, 0.15) is 0 Å². The van der Waals surface area contributed by atoms with Gasteiger partial charge in [-0.25, -0.2) is 0 Å². The number of aryl methyl sites for hydroxylation is 1. The zero-order chi connectivity index (χ0) is 18.6. The second-order valence-corrected chi connectivity index (χ2v) is 7.50. The van der Waals surface area contributed by atoms with Crippen LogP contribution in [0.3, 0.4) is 0 Å². The van der Waals surface area contributed by atoms with Crippen molar-refractivity contribution in [2.75, 3.05) is 47.1 Å². The van der Waals surface area contributed by atoms with Crippen LogP contribution in [0.15, 0.2) is 18.2 Å². The smallest absolute Gasteiger partial charge is 0.222 e. The van der Waals surface area contributed by atoms with Crippen molar-refractivity contribution in [1.82, 2.24) is 4.90 Å². The molecule has 0 bridgehead atoms. The van der Waals surface area contributed by atoms with E-state index >= 15 is 0 Å². The minimum Gasteiger partial charge on any atom is -0.504 e. The van der Waals surface area contributed by atoms with Gasteiger partial charge in [-0.3, -0.25) is 4.79 Å². The first-order chi connectivity index (χ1) is 12.6. The van der Waals surface area contributed by atoms with Gasteiger partial charge in [-0.2, -0.15) is 0 Å². The molecule has 2 fully saturated rings. The predicted octanol–water partition coefficient (Wildman–Crippen LogP) is 2.24. The molecule has 2 atom stereocenters. The molecule has 1 aromatic carbocycles. The van der Waals surface area contributed by atoms with Crippen LogP contribution in [0.4, 0.5) is 0 Å². The number of ether oxygens (including phenoxy) is 3. The molecule has 2 heterocycles. The van der Waals surface area contributed by atoms with E-state index in [-0.39, 0.29) is 17.1 Å². The summed E-state index contributed by atoms with van der Waals surface area (Å²) < 4.78 is 16.1. The number of fused-ring (bicyclic) bond motifs is 1. The molecule has 144 valence electrons. The summed E-state index contributed by atoms with van der Waals surface area (Å²) in [6, 6.07) is 5.46. The van der Waals surface area contributed by atoms with Gasteiger partial charge < -0.3 is 24.2 Å². The Kier molecular flexibility index (Phi) is 6.04. The normalized spacial score (nSPS) is 24.7. The highest BCUT2D eigenvalue weighted by Crippen LogP contribution is 2.41. The monoisotopic (exact) mass is 363 g/mol. The van der Waals surface area contributed by atoms with Gasteiger partial charge in [-0.1, -0.05) is 6.07 Å². The number of methoxy groups -OCH3 is 2. The second kappa shape index (κ2) is 8.27. The Balaban J connectivity index is 1.43. The van der Waals surface area contributed by atoms with Crippen LogP contribution < -0.4 is 4.74 Å². The fourth-order valence-electron chi connectivity index (χ4n) is 4.17. The van der Waals surface area contributed by atoms with Crippen molar-refractivity contribution in [1.29, 1.82) is 0 Å². The highest BCUT2D eigenvalue weighted by Gasteiger charge is 2.51. The first kappa shape index (κ1) is 19.0. The van der Waals surface area contributed by atoms with E-state index in [0.717, 1.165) is 44.5 Å². The summed E-state index contributed by atoms with van der Waals surface area (Å²) in [6.07, 6.45) is 3.18. The number of likely N-dealkylation sites (tertiary alicyclic amines) is 1. The lowest BCUT2D eigenvalue weighted by molar-refractivity contribution is -0.131. The standard InChI is InChI=1S/C20H29NO5/c1-24-13-20-12-21(10-16(20)11-26-14-20)19(23)6-4-3-5-15-7-8-18(25-2)17(22)9-15/h7-9,16,22H,3-6,10-14H2,1-2H3/t16-,20-/m0/s1. The molecule has 2 aliphatic rings. The largest absolute Gasteiger partial charge is 0.504 e. The van der Waals surface area contributed by atoms with Crippen molar-refractivity contribution < 1.29 is 24.1 Å². The van der Waals surface area contributed by atoms with Crippen molar-refractivity contribution in [3.63, 3.8) is 0 Å². The Morgan fingerprint density at radius 1 is 1.38 bits per heavy atom. The fourth-order valence-corrected chi connectivity index (χ4v) is 4.17. The Morgan fingerprint density at radius 2 is 2.23 bits per heavy atom. The number of hydrogen-bond donors (Lipinski definition) is 1. The molecule has 0 aromatic heterocycles. The fraction of sp³-hybridized carbons (Fsp3) is 0.650. The van der Waals surface area contributed by atoms with Crippen LogP contribution >= 0.6 is 0 Å². The van der Waals surface area contributed by atoms with Crippen LogP contribution in [0.25, 0.3) is 0 Å². The van der Waals surface area contributed by atoms with E-state index in [2.05, 4.69) is 0 Å². The summed E-state index contributed by atoms with van der Waals surface area (Å²) in [5, 5.41) is 9.82. The van der Waals surface area contributed by atoms with Gasteiger partial charge in [0.05, 0.1) is 26.9 Å². The molecule has 0 saturated carbocycles. The predicted molar refractivity (Wildman–Crippen MR) is 97.4 cm³/mol. The average Bonchev–Trinajstić information content (AvgIpc) is 3.16. The van der Waals surface area contributed by atoms with Crippen LogP contribution in [-0.4, -0.2) is 63.0 Å². The summed E-state index contributed by atoms with van der Waals surface area (Å²) in [5.41, 5.74) is 1.05. The minimum atomic E-state index is -0.00890. The van der Waals surface area contributed by atoms with E-state index in [0.29, 0.717) is 31.3 Å². The van der Waals surface area contributed by atoms with Gasteiger partial charge in [0, 0.05) is 38.0 Å². The van der Waals surface area contributed by atoms with Gasteiger partial charge in [0.15, 0.2) is 11.5 Å². The first-order valence-electron chi connectivity index (χ1n) is 9.28.